The number of thiazole rings is 1. The zero-order valence-corrected chi connectivity index (χ0v) is 22.0. The summed E-state index contributed by atoms with van der Waals surface area (Å²) in [5.74, 6) is -0.954. The molecule has 1 aromatic heterocycles. The molecule has 0 aliphatic heterocycles. The highest BCUT2D eigenvalue weighted by Crippen LogP contribution is 2.21. The van der Waals surface area contributed by atoms with Crippen LogP contribution in [0.2, 0.25) is 0 Å². The van der Waals surface area contributed by atoms with E-state index in [0.29, 0.717) is 30.1 Å². The number of benzene rings is 2. The zero-order chi connectivity index (χ0) is 25.8. The van der Waals surface area contributed by atoms with Crippen LogP contribution in [0.3, 0.4) is 0 Å². The second kappa shape index (κ2) is 11.3. The molecule has 188 valence electrons. The maximum atomic E-state index is 13.0. The van der Waals surface area contributed by atoms with Gasteiger partial charge in [-0.2, -0.15) is 9.30 Å². The number of hydrogen-bond donors (Lipinski definition) is 0. The van der Waals surface area contributed by atoms with E-state index in [0.717, 1.165) is 10.2 Å². The molecular formula is C24H29N3O6S2. The highest BCUT2D eigenvalue weighted by molar-refractivity contribution is 7.89. The number of carbonyl (C=O) groups excluding carboxylic acids is 2. The number of nitrogens with zero attached hydrogens (tertiary/aromatic N) is 3. The van der Waals surface area contributed by atoms with Crippen molar-refractivity contribution >= 4 is 43.5 Å². The highest BCUT2D eigenvalue weighted by atomic mass is 32.2. The molecule has 0 radical (unpaired) electrons. The van der Waals surface area contributed by atoms with E-state index < -0.39 is 21.9 Å². The van der Waals surface area contributed by atoms with E-state index in [1.54, 1.807) is 32.0 Å². The van der Waals surface area contributed by atoms with Crippen LogP contribution in [0.15, 0.2) is 52.4 Å². The Morgan fingerprint density at radius 2 is 1.77 bits per heavy atom. The maximum Gasteiger partial charge on any atom is 0.337 e. The summed E-state index contributed by atoms with van der Waals surface area (Å²) >= 11 is 1.27. The molecule has 1 heterocycles. The Hall–Kier alpha value is -2.86. The Morgan fingerprint density at radius 1 is 1.11 bits per heavy atom. The molecule has 11 heteroatoms. The lowest BCUT2D eigenvalue weighted by Gasteiger charge is -2.20. The second-order valence-corrected chi connectivity index (χ2v) is 11.0. The van der Waals surface area contributed by atoms with E-state index in [1.165, 1.54) is 54.1 Å². The van der Waals surface area contributed by atoms with Crippen molar-refractivity contribution in [3.63, 3.8) is 0 Å². The lowest BCUT2D eigenvalue weighted by atomic mass is 10.2. The summed E-state index contributed by atoms with van der Waals surface area (Å²) in [6.45, 7) is 6.93. The molecular weight excluding hydrogens is 490 g/mol. The quantitative estimate of drug-likeness (QED) is 0.317. The first-order valence-electron chi connectivity index (χ1n) is 11.1. The summed E-state index contributed by atoms with van der Waals surface area (Å²) in [6, 6.07) is 10.7. The van der Waals surface area contributed by atoms with Crippen LogP contribution in [0, 0.1) is 0 Å². The lowest BCUT2D eigenvalue weighted by molar-refractivity contribution is 0.0600. The summed E-state index contributed by atoms with van der Waals surface area (Å²) in [5, 5.41) is 0. The fourth-order valence-electron chi connectivity index (χ4n) is 3.28. The zero-order valence-electron chi connectivity index (χ0n) is 20.3. The van der Waals surface area contributed by atoms with Gasteiger partial charge < -0.3 is 14.0 Å². The Bertz CT molecular complexity index is 1390. The first-order chi connectivity index (χ1) is 16.6. The third kappa shape index (κ3) is 5.87. The van der Waals surface area contributed by atoms with E-state index >= 15 is 0 Å². The van der Waals surface area contributed by atoms with Crippen molar-refractivity contribution in [2.24, 2.45) is 4.99 Å². The number of amides is 1. The van der Waals surface area contributed by atoms with Crippen molar-refractivity contribution in [2.45, 2.75) is 38.3 Å². The molecule has 3 rings (SSSR count). The number of hydrogen-bond acceptors (Lipinski definition) is 7. The van der Waals surface area contributed by atoms with Crippen molar-refractivity contribution in [3.8, 4) is 0 Å². The molecule has 0 saturated heterocycles. The Morgan fingerprint density at radius 3 is 2.37 bits per heavy atom. The minimum absolute atomic E-state index is 0.106. The largest absolute Gasteiger partial charge is 0.465 e. The van der Waals surface area contributed by atoms with Crippen LogP contribution >= 0.6 is 11.3 Å². The van der Waals surface area contributed by atoms with Crippen molar-refractivity contribution < 1.29 is 27.5 Å². The normalized spacial score (nSPS) is 12.6. The fourth-order valence-corrected chi connectivity index (χ4v) is 5.75. The summed E-state index contributed by atoms with van der Waals surface area (Å²) in [5.41, 5.74) is 1.48. The molecule has 0 unspecified atom stereocenters. The maximum absolute atomic E-state index is 13.0. The third-order valence-electron chi connectivity index (χ3n) is 5.47. The minimum Gasteiger partial charge on any atom is -0.465 e. The molecule has 0 fully saturated rings. The Balaban J connectivity index is 2.00. The minimum atomic E-state index is -3.65. The Kier molecular flexibility index (Phi) is 8.60. The molecule has 0 saturated carbocycles. The van der Waals surface area contributed by atoms with Crippen molar-refractivity contribution in [3.05, 3.63) is 58.4 Å². The van der Waals surface area contributed by atoms with Crippen LogP contribution < -0.4 is 4.80 Å². The van der Waals surface area contributed by atoms with Gasteiger partial charge >= 0.3 is 5.97 Å². The van der Waals surface area contributed by atoms with Crippen LogP contribution in [-0.4, -0.2) is 62.6 Å². The van der Waals surface area contributed by atoms with Crippen LogP contribution in [-0.2, 0) is 26.0 Å². The fraction of sp³-hybridized carbons (Fsp3) is 0.375. The highest BCUT2D eigenvalue weighted by Gasteiger charge is 2.23. The molecule has 2 aromatic carbocycles. The van der Waals surface area contributed by atoms with Gasteiger partial charge in [0.05, 0.1) is 34.4 Å². The molecule has 0 spiro atoms. The number of fused-ring (bicyclic) bond motifs is 1. The van der Waals surface area contributed by atoms with Gasteiger partial charge in [0.1, 0.15) is 0 Å². The summed E-state index contributed by atoms with van der Waals surface area (Å²) in [4.78, 5) is 29.8. The van der Waals surface area contributed by atoms with E-state index in [9.17, 15) is 18.0 Å². The summed E-state index contributed by atoms with van der Waals surface area (Å²) < 4.78 is 39.6. The molecule has 9 nitrogen and oxygen atoms in total. The van der Waals surface area contributed by atoms with Crippen LogP contribution in [0.5, 0.6) is 0 Å². The van der Waals surface area contributed by atoms with Gasteiger partial charge in [0, 0.05) is 31.8 Å². The van der Waals surface area contributed by atoms with Gasteiger partial charge in [0.25, 0.3) is 5.91 Å². The second-order valence-electron chi connectivity index (χ2n) is 7.96. The molecule has 1 amide bonds. The predicted octanol–water partition coefficient (Wildman–Crippen LogP) is 3.30. The number of sulfonamides is 1. The van der Waals surface area contributed by atoms with Crippen LogP contribution in [0.1, 0.15) is 41.5 Å². The van der Waals surface area contributed by atoms with Gasteiger partial charge in [-0.1, -0.05) is 11.3 Å². The van der Waals surface area contributed by atoms with Gasteiger partial charge in [-0.25, -0.2) is 13.2 Å². The third-order valence-corrected chi connectivity index (χ3v) is 8.56. The average Bonchev–Trinajstić information content (AvgIpc) is 3.19. The molecule has 0 N–H and O–H groups in total. The molecule has 3 aromatic rings. The Labute approximate surface area is 208 Å². The SMILES string of the molecule is CCOCCn1c(=NC(=O)c2ccc(S(=O)(=O)N(C)C(C)C)cc2)sc2cc(C(=O)OC)ccc21. The predicted molar refractivity (Wildman–Crippen MR) is 134 cm³/mol. The number of rotatable bonds is 9. The van der Waals surface area contributed by atoms with Crippen molar-refractivity contribution in [2.75, 3.05) is 27.4 Å². The molecule has 0 bridgehead atoms. The molecule has 0 atom stereocenters. The van der Waals surface area contributed by atoms with Crippen molar-refractivity contribution in [1.29, 1.82) is 0 Å². The number of aromatic nitrogens is 1. The summed E-state index contributed by atoms with van der Waals surface area (Å²) in [7, 11) is -0.816. The van der Waals surface area contributed by atoms with Crippen LogP contribution in [0.25, 0.3) is 10.2 Å². The standard InChI is InChI=1S/C24H29N3O6S2/c1-6-33-14-13-27-20-12-9-18(23(29)32-5)15-21(20)34-24(27)25-22(28)17-7-10-19(11-8-17)35(30,31)26(4)16(2)3/h7-12,15-16H,6,13-14H2,1-5H3. The molecule has 0 aliphatic rings. The lowest BCUT2D eigenvalue weighted by Crippen LogP contribution is -2.33. The first-order valence-corrected chi connectivity index (χ1v) is 13.3. The van der Waals surface area contributed by atoms with E-state index in [1.807, 2.05) is 11.5 Å². The summed E-state index contributed by atoms with van der Waals surface area (Å²) in [6.07, 6.45) is 0. The van der Waals surface area contributed by atoms with Gasteiger partial charge in [-0.3, -0.25) is 4.79 Å². The van der Waals surface area contributed by atoms with E-state index in [2.05, 4.69) is 4.99 Å². The number of ether oxygens (including phenoxy) is 2. The average molecular weight is 520 g/mol. The first kappa shape index (κ1) is 26.7. The number of methoxy groups -OCH3 is 1. The van der Waals surface area contributed by atoms with Gasteiger partial charge in [0.15, 0.2) is 4.80 Å². The van der Waals surface area contributed by atoms with Gasteiger partial charge in [-0.05, 0) is 63.2 Å². The van der Waals surface area contributed by atoms with Gasteiger partial charge in [-0.15, -0.1) is 0 Å². The van der Waals surface area contributed by atoms with Crippen LogP contribution in [0.4, 0.5) is 0 Å². The van der Waals surface area contributed by atoms with E-state index in [4.69, 9.17) is 9.47 Å². The number of carbonyl (C=O) groups is 2. The monoisotopic (exact) mass is 519 g/mol. The number of esters is 1. The molecule has 0 aliphatic carbocycles. The smallest absolute Gasteiger partial charge is 0.337 e. The van der Waals surface area contributed by atoms with E-state index in [-0.39, 0.29) is 16.5 Å². The van der Waals surface area contributed by atoms with Gasteiger partial charge in [0.2, 0.25) is 10.0 Å². The van der Waals surface area contributed by atoms with Crippen molar-refractivity contribution in [1.82, 2.24) is 8.87 Å². The topological polar surface area (TPSA) is 107 Å². The molecule has 35 heavy (non-hydrogen) atoms.